The van der Waals surface area contributed by atoms with Crippen LogP contribution in [0.15, 0.2) is 24.3 Å². The molecule has 0 aromatic heterocycles. The van der Waals surface area contributed by atoms with Gasteiger partial charge in [0.25, 0.3) is 0 Å². The summed E-state index contributed by atoms with van der Waals surface area (Å²) >= 11 is 0. The molecule has 18 heavy (non-hydrogen) atoms. The number of esters is 1. The van der Waals surface area contributed by atoms with Gasteiger partial charge >= 0.3 is 17.9 Å². The van der Waals surface area contributed by atoms with Crippen molar-refractivity contribution >= 4 is 24.0 Å². The highest BCUT2D eigenvalue weighted by Gasteiger charge is 2.10. The van der Waals surface area contributed by atoms with Crippen LogP contribution in [0.5, 0.6) is 0 Å². The third-order valence-electron chi connectivity index (χ3n) is 2.06. The Morgan fingerprint density at radius 1 is 1.06 bits per heavy atom. The van der Waals surface area contributed by atoms with Crippen molar-refractivity contribution in [1.29, 1.82) is 0 Å². The predicted octanol–water partition coefficient (Wildman–Crippen LogP) is 1.27. The van der Waals surface area contributed by atoms with E-state index in [4.69, 9.17) is 10.2 Å². The SMILES string of the molecule is COC(=O)C=Cc1cc(C(=O)O)cc(C(=O)O)c1. The zero-order valence-corrected chi connectivity index (χ0v) is 9.41. The molecule has 0 aliphatic heterocycles. The van der Waals surface area contributed by atoms with E-state index in [1.54, 1.807) is 0 Å². The Kier molecular flexibility index (Phi) is 4.20. The van der Waals surface area contributed by atoms with Crippen LogP contribution < -0.4 is 0 Å². The Morgan fingerprint density at radius 2 is 1.56 bits per heavy atom. The number of ether oxygens (including phenoxy) is 1. The van der Waals surface area contributed by atoms with Crippen molar-refractivity contribution in [3.05, 3.63) is 41.0 Å². The van der Waals surface area contributed by atoms with Gasteiger partial charge in [-0.15, -0.1) is 0 Å². The topological polar surface area (TPSA) is 101 Å². The molecule has 1 aromatic carbocycles. The number of methoxy groups -OCH3 is 1. The number of rotatable bonds is 4. The Bertz CT molecular complexity index is 497. The lowest BCUT2D eigenvalue weighted by atomic mass is 10.1. The molecule has 0 spiro atoms. The van der Waals surface area contributed by atoms with Crippen LogP contribution in [0.25, 0.3) is 6.08 Å². The van der Waals surface area contributed by atoms with Crippen molar-refractivity contribution in [2.24, 2.45) is 0 Å². The van der Waals surface area contributed by atoms with E-state index in [0.29, 0.717) is 0 Å². The zero-order chi connectivity index (χ0) is 13.7. The van der Waals surface area contributed by atoms with Crippen LogP contribution in [0, 0.1) is 0 Å². The Hall–Kier alpha value is -2.63. The predicted molar refractivity (Wildman–Crippen MR) is 61.4 cm³/mol. The first-order valence-corrected chi connectivity index (χ1v) is 4.81. The van der Waals surface area contributed by atoms with E-state index in [0.717, 1.165) is 12.1 Å². The third kappa shape index (κ3) is 3.44. The first-order chi connectivity index (χ1) is 8.43. The second-order valence-electron chi connectivity index (χ2n) is 3.31. The summed E-state index contributed by atoms with van der Waals surface area (Å²) in [4.78, 5) is 32.5. The fourth-order valence-corrected chi connectivity index (χ4v) is 1.23. The summed E-state index contributed by atoms with van der Waals surface area (Å²) in [6.45, 7) is 0. The van der Waals surface area contributed by atoms with E-state index >= 15 is 0 Å². The number of hydrogen-bond donors (Lipinski definition) is 2. The molecular formula is C12H10O6. The summed E-state index contributed by atoms with van der Waals surface area (Å²) in [5.74, 6) is -3.11. The van der Waals surface area contributed by atoms with E-state index < -0.39 is 17.9 Å². The van der Waals surface area contributed by atoms with E-state index in [-0.39, 0.29) is 16.7 Å². The minimum atomic E-state index is -1.24. The van der Waals surface area contributed by atoms with Crippen molar-refractivity contribution in [3.8, 4) is 0 Å². The Balaban J connectivity index is 3.19. The first kappa shape index (κ1) is 13.4. The largest absolute Gasteiger partial charge is 0.478 e. The van der Waals surface area contributed by atoms with Crippen molar-refractivity contribution in [3.63, 3.8) is 0 Å². The number of carbonyl (C=O) groups excluding carboxylic acids is 1. The molecular weight excluding hydrogens is 240 g/mol. The standard InChI is InChI=1S/C12H10O6/c1-18-10(13)3-2-7-4-8(11(14)15)6-9(5-7)12(16)17/h2-6H,1H3,(H,14,15)(H,16,17). The molecule has 6 heteroatoms. The van der Waals surface area contributed by atoms with Crippen LogP contribution in [0.1, 0.15) is 26.3 Å². The van der Waals surface area contributed by atoms with Gasteiger partial charge in [0.2, 0.25) is 0 Å². The van der Waals surface area contributed by atoms with Crippen LogP contribution >= 0.6 is 0 Å². The summed E-state index contributed by atoms with van der Waals surface area (Å²) in [6, 6.07) is 3.56. The van der Waals surface area contributed by atoms with Gasteiger partial charge in [0.15, 0.2) is 0 Å². The lowest BCUT2D eigenvalue weighted by Gasteiger charge is -2.01. The maximum absolute atomic E-state index is 10.9. The number of aromatic carboxylic acids is 2. The van der Waals surface area contributed by atoms with Gasteiger partial charge in [0, 0.05) is 6.08 Å². The normalized spacial score (nSPS) is 10.3. The molecule has 1 rings (SSSR count). The van der Waals surface area contributed by atoms with Crippen LogP contribution in [0.4, 0.5) is 0 Å². The first-order valence-electron chi connectivity index (χ1n) is 4.81. The molecule has 0 heterocycles. The molecule has 0 bridgehead atoms. The molecule has 0 atom stereocenters. The quantitative estimate of drug-likeness (QED) is 0.616. The van der Waals surface area contributed by atoms with Gasteiger partial charge in [-0.25, -0.2) is 14.4 Å². The van der Waals surface area contributed by atoms with E-state index in [2.05, 4.69) is 4.74 Å². The fourth-order valence-electron chi connectivity index (χ4n) is 1.23. The van der Waals surface area contributed by atoms with Gasteiger partial charge in [0.05, 0.1) is 18.2 Å². The van der Waals surface area contributed by atoms with Crippen LogP contribution in [-0.2, 0) is 9.53 Å². The van der Waals surface area contributed by atoms with Gasteiger partial charge in [-0.2, -0.15) is 0 Å². The van der Waals surface area contributed by atoms with Crippen LogP contribution in [0.2, 0.25) is 0 Å². The maximum Gasteiger partial charge on any atom is 0.335 e. The van der Waals surface area contributed by atoms with Crippen molar-refractivity contribution in [2.75, 3.05) is 7.11 Å². The smallest absolute Gasteiger partial charge is 0.335 e. The minimum Gasteiger partial charge on any atom is -0.478 e. The van der Waals surface area contributed by atoms with E-state index in [1.165, 1.54) is 25.3 Å². The molecule has 0 unspecified atom stereocenters. The van der Waals surface area contributed by atoms with Crippen LogP contribution in [-0.4, -0.2) is 35.2 Å². The molecule has 0 aliphatic rings. The molecule has 0 amide bonds. The van der Waals surface area contributed by atoms with E-state index in [9.17, 15) is 14.4 Å². The minimum absolute atomic E-state index is 0.167. The average Bonchev–Trinajstić information content (AvgIpc) is 2.35. The van der Waals surface area contributed by atoms with E-state index in [1.807, 2.05) is 0 Å². The highest BCUT2D eigenvalue weighted by molar-refractivity contribution is 5.95. The van der Waals surface area contributed by atoms with Crippen LogP contribution in [0.3, 0.4) is 0 Å². The Morgan fingerprint density at radius 3 is 1.94 bits per heavy atom. The summed E-state index contributed by atoms with van der Waals surface area (Å²) < 4.78 is 4.37. The second kappa shape index (κ2) is 5.62. The van der Waals surface area contributed by atoms with Crippen molar-refractivity contribution < 1.29 is 29.3 Å². The molecule has 0 fully saturated rings. The Labute approximate surface area is 102 Å². The van der Waals surface area contributed by atoms with Gasteiger partial charge < -0.3 is 14.9 Å². The zero-order valence-electron chi connectivity index (χ0n) is 9.41. The monoisotopic (exact) mass is 250 g/mol. The van der Waals surface area contributed by atoms with Crippen molar-refractivity contribution in [1.82, 2.24) is 0 Å². The average molecular weight is 250 g/mol. The molecule has 94 valence electrons. The molecule has 0 saturated carbocycles. The summed E-state index contributed by atoms with van der Waals surface area (Å²) in [5.41, 5.74) is -0.0449. The lowest BCUT2D eigenvalue weighted by molar-refractivity contribution is -0.134. The molecule has 2 N–H and O–H groups in total. The summed E-state index contributed by atoms with van der Waals surface area (Å²) in [6.07, 6.45) is 2.36. The number of carboxylic acid groups (broad SMARTS) is 2. The van der Waals surface area contributed by atoms with Crippen molar-refractivity contribution in [2.45, 2.75) is 0 Å². The molecule has 0 saturated heterocycles. The third-order valence-corrected chi connectivity index (χ3v) is 2.06. The number of carbonyl (C=O) groups is 3. The maximum atomic E-state index is 10.9. The lowest BCUT2D eigenvalue weighted by Crippen LogP contribution is -2.03. The molecule has 1 aromatic rings. The molecule has 0 aliphatic carbocycles. The number of hydrogen-bond acceptors (Lipinski definition) is 4. The molecule has 6 nitrogen and oxygen atoms in total. The molecule has 0 radical (unpaired) electrons. The fraction of sp³-hybridized carbons (Fsp3) is 0.0833. The number of carboxylic acids is 2. The summed E-state index contributed by atoms with van der Waals surface area (Å²) in [5, 5.41) is 17.7. The highest BCUT2D eigenvalue weighted by Crippen LogP contribution is 2.12. The second-order valence-corrected chi connectivity index (χ2v) is 3.31. The van der Waals surface area contributed by atoms with Gasteiger partial charge in [-0.1, -0.05) is 0 Å². The summed E-state index contributed by atoms with van der Waals surface area (Å²) in [7, 11) is 1.20. The van der Waals surface area contributed by atoms with Gasteiger partial charge in [0.1, 0.15) is 0 Å². The van der Waals surface area contributed by atoms with Gasteiger partial charge in [-0.3, -0.25) is 0 Å². The van der Waals surface area contributed by atoms with Gasteiger partial charge in [-0.05, 0) is 29.8 Å². The number of benzene rings is 1. The highest BCUT2D eigenvalue weighted by atomic mass is 16.5.